The first-order valence-corrected chi connectivity index (χ1v) is 44.7. The van der Waals surface area contributed by atoms with Crippen molar-refractivity contribution in [1.29, 1.82) is 0 Å². The lowest BCUT2D eigenvalue weighted by Gasteiger charge is -2.21. The molecule has 0 rings (SSSR count). The van der Waals surface area contributed by atoms with Crippen LogP contribution in [0.1, 0.15) is 415 Å². The number of carbonyl (C=O) groups excluding carboxylic acids is 4. The molecule has 0 spiro atoms. The Kier molecular flexibility index (Phi) is 68.7. The van der Waals surface area contributed by atoms with E-state index >= 15 is 0 Å². The number of aliphatic hydroxyl groups is 1. The molecule has 594 valence electrons. The first kappa shape index (κ1) is 98.1. The van der Waals surface area contributed by atoms with E-state index < -0.39 is 97.5 Å². The predicted molar refractivity (Wildman–Crippen MR) is 409 cm³/mol. The summed E-state index contributed by atoms with van der Waals surface area (Å²) in [7, 11) is -9.92. The Hall–Kier alpha value is -1.94. The summed E-state index contributed by atoms with van der Waals surface area (Å²) in [4.78, 5) is 73.0. The number of unbranched alkanes of at least 4 members (excludes halogenated alkanes) is 43. The number of carbonyl (C=O) groups is 4. The summed E-state index contributed by atoms with van der Waals surface area (Å²) in [5.74, 6) is 1.01. The van der Waals surface area contributed by atoms with Crippen molar-refractivity contribution in [1.82, 2.24) is 0 Å². The Morgan fingerprint density at radius 2 is 0.480 bits per heavy atom. The number of ether oxygens (including phenoxy) is 4. The highest BCUT2D eigenvalue weighted by Crippen LogP contribution is 2.45. The van der Waals surface area contributed by atoms with Gasteiger partial charge < -0.3 is 33.8 Å². The largest absolute Gasteiger partial charge is 0.472 e. The fourth-order valence-electron chi connectivity index (χ4n) is 12.4. The topological polar surface area (TPSA) is 237 Å². The van der Waals surface area contributed by atoms with Gasteiger partial charge in [0.15, 0.2) is 12.2 Å². The molecule has 0 saturated carbocycles. The summed E-state index contributed by atoms with van der Waals surface area (Å²) in [5, 5.41) is 10.6. The molecule has 0 heterocycles. The second-order valence-electron chi connectivity index (χ2n) is 30.8. The van der Waals surface area contributed by atoms with Crippen LogP contribution in [0.4, 0.5) is 0 Å². The van der Waals surface area contributed by atoms with Crippen LogP contribution in [0.5, 0.6) is 0 Å². The van der Waals surface area contributed by atoms with Crippen LogP contribution in [0.2, 0.25) is 0 Å². The zero-order chi connectivity index (χ0) is 73.8. The summed E-state index contributed by atoms with van der Waals surface area (Å²) in [6.45, 7) is 14.3. The standard InChI is InChI=1S/C81H158O17P2/c1-9-74(8)60-52-44-36-28-22-16-13-14-17-23-29-37-45-53-61-78(83)91-67-76(97-80(85)63-55-47-38-30-24-18-12-10-11-15-20-26-33-41-49-57-71(2)3)69-95-99(87,88)93-65-75(82)66-94-100(89,90)96-70-77(68-92-79(84)62-54-46-40-32-35-43-51-59-73(6)7)98-81(86)64-56-48-39-31-25-19-21-27-34-42-50-58-72(4)5/h71-77,82H,9-70H2,1-8H3,(H,87,88)(H,89,90)/t74?,75?,76-,77-/m1/s1. The first-order chi connectivity index (χ1) is 48.1. The molecule has 6 atom stereocenters. The van der Waals surface area contributed by atoms with Crippen molar-refractivity contribution < 1.29 is 80.2 Å². The number of rotatable bonds is 78. The molecule has 0 saturated heterocycles. The molecule has 0 aliphatic heterocycles. The molecule has 0 fully saturated rings. The van der Waals surface area contributed by atoms with E-state index in [4.69, 9.17) is 37.0 Å². The Morgan fingerprint density at radius 3 is 0.710 bits per heavy atom. The number of hydrogen-bond acceptors (Lipinski definition) is 15. The quantitative estimate of drug-likeness (QED) is 0.0222. The van der Waals surface area contributed by atoms with Crippen molar-refractivity contribution in [2.75, 3.05) is 39.6 Å². The van der Waals surface area contributed by atoms with E-state index in [9.17, 15) is 43.2 Å². The first-order valence-electron chi connectivity index (χ1n) is 41.7. The van der Waals surface area contributed by atoms with Crippen molar-refractivity contribution >= 4 is 39.5 Å². The van der Waals surface area contributed by atoms with Crippen molar-refractivity contribution in [3.63, 3.8) is 0 Å². The zero-order valence-corrected chi connectivity index (χ0v) is 67.6. The minimum absolute atomic E-state index is 0.105. The smallest absolute Gasteiger partial charge is 0.462 e. The lowest BCUT2D eigenvalue weighted by atomic mass is 9.99. The van der Waals surface area contributed by atoms with Crippen molar-refractivity contribution in [2.24, 2.45) is 23.7 Å². The van der Waals surface area contributed by atoms with Crippen LogP contribution in [0.3, 0.4) is 0 Å². The summed E-state index contributed by atoms with van der Waals surface area (Å²) < 4.78 is 68.7. The third-order valence-corrected chi connectivity index (χ3v) is 21.1. The number of hydrogen-bond donors (Lipinski definition) is 3. The number of phosphoric ester groups is 2. The van der Waals surface area contributed by atoms with Crippen LogP contribution in [0.15, 0.2) is 0 Å². The molecule has 0 aromatic carbocycles. The fraction of sp³-hybridized carbons (Fsp3) is 0.951. The third kappa shape index (κ3) is 73.0. The lowest BCUT2D eigenvalue weighted by molar-refractivity contribution is -0.161. The minimum Gasteiger partial charge on any atom is -0.462 e. The van der Waals surface area contributed by atoms with Crippen molar-refractivity contribution in [3.05, 3.63) is 0 Å². The van der Waals surface area contributed by atoms with E-state index in [1.54, 1.807) is 0 Å². The molecule has 0 radical (unpaired) electrons. The lowest BCUT2D eigenvalue weighted by Crippen LogP contribution is -2.30. The maximum absolute atomic E-state index is 13.1. The van der Waals surface area contributed by atoms with Gasteiger partial charge in [-0.25, -0.2) is 9.13 Å². The molecule has 0 aromatic rings. The van der Waals surface area contributed by atoms with E-state index in [1.807, 2.05) is 0 Å². The Labute approximate surface area is 613 Å². The summed E-state index contributed by atoms with van der Waals surface area (Å²) in [5.41, 5.74) is 0. The van der Waals surface area contributed by atoms with Crippen LogP contribution in [0.25, 0.3) is 0 Å². The molecule has 100 heavy (non-hydrogen) atoms. The Morgan fingerprint density at radius 1 is 0.280 bits per heavy atom. The monoisotopic (exact) mass is 1470 g/mol. The molecule has 0 aliphatic carbocycles. The molecule has 3 N–H and O–H groups in total. The van der Waals surface area contributed by atoms with Gasteiger partial charge in [0.25, 0.3) is 0 Å². The molecule has 19 heteroatoms. The maximum atomic E-state index is 13.1. The second-order valence-corrected chi connectivity index (χ2v) is 33.7. The fourth-order valence-corrected chi connectivity index (χ4v) is 14.0. The highest BCUT2D eigenvalue weighted by molar-refractivity contribution is 7.47. The van der Waals surface area contributed by atoms with Gasteiger partial charge in [-0.2, -0.15) is 0 Å². The van der Waals surface area contributed by atoms with E-state index in [2.05, 4.69) is 55.4 Å². The molecule has 0 aliphatic rings. The average molecular weight is 1470 g/mol. The van der Waals surface area contributed by atoms with E-state index in [0.717, 1.165) is 114 Å². The van der Waals surface area contributed by atoms with Crippen LogP contribution in [-0.2, 0) is 65.4 Å². The molecule has 0 aromatic heterocycles. The van der Waals surface area contributed by atoms with Crippen molar-refractivity contribution in [3.8, 4) is 0 Å². The highest BCUT2D eigenvalue weighted by Gasteiger charge is 2.30. The van der Waals surface area contributed by atoms with E-state index in [0.29, 0.717) is 31.6 Å². The normalized spacial score (nSPS) is 14.3. The second kappa shape index (κ2) is 70.1. The number of esters is 4. The minimum atomic E-state index is -4.96. The zero-order valence-electron chi connectivity index (χ0n) is 65.8. The van der Waals surface area contributed by atoms with Gasteiger partial charge in [0, 0.05) is 25.7 Å². The van der Waals surface area contributed by atoms with Gasteiger partial charge in [0.05, 0.1) is 26.4 Å². The van der Waals surface area contributed by atoms with Crippen LogP contribution in [0, 0.1) is 23.7 Å². The molecule has 17 nitrogen and oxygen atoms in total. The SMILES string of the molecule is CCC(C)CCCCCCCCCCCCCCCCC(=O)OC[C@H](COP(=O)(O)OCC(O)COP(=O)(O)OC[C@@H](COC(=O)CCCCCCCCCC(C)C)OC(=O)CCCCCCCCCCCCCC(C)C)OC(=O)CCCCCCCCCCCCCCCCCC(C)C. The molecule has 0 amide bonds. The Balaban J connectivity index is 5.25. The molecular formula is C81H158O17P2. The van der Waals surface area contributed by atoms with Gasteiger partial charge in [0.1, 0.15) is 19.3 Å². The molecule has 0 bridgehead atoms. The van der Waals surface area contributed by atoms with E-state index in [1.165, 1.54) is 212 Å². The van der Waals surface area contributed by atoms with Crippen LogP contribution in [-0.4, -0.2) is 96.7 Å². The summed E-state index contributed by atoms with van der Waals surface area (Å²) in [6, 6.07) is 0. The van der Waals surface area contributed by atoms with Crippen LogP contribution >= 0.6 is 15.6 Å². The van der Waals surface area contributed by atoms with Crippen LogP contribution < -0.4 is 0 Å². The number of phosphoric acid groups is 2. The molecule has 4 unspecified atom stereocenters. The molecular weight excluding hydrogens is 1310 g/mol. The summed E-state index contributed by atoms with van der Waals surface area (Å²) >= 11 is 0. The van der Waals surface area contributed by atoms with Crippen molar-refractivity contribution in [2.45, 2.75) is 433 Å². The van der Waals surface area contributed by atoms with Gasteiger partial charge in [-0.3, -0.25) is 37.3 Å². The number of aliphatic hydroxyl groups excluding tert-OH is 1. The maximum Gasteiger partial charge on any atom is 0.472 e. The van der Waals surface area contributed by atoms with Gasteiger partial charge in [-0.15, -0.1) is 0 Å². The highest BCUT2D eigenvalue weighted by atomic mass is 31.2. The third-order valence-electron chi connectivity index (χ3n) is 19.2. The van der Waals surface area contributed by atoms with E-state index in [-0.39, 0.29) is 25.7 Å². The average Bonchev–Trinajstić information content (AvgIpc) is 0.918. The van der Waals surface area contributed by atoms with Gasteiger partial charge >= 0.3 is 39.5 Å². The van der Waals surface area contributed by atoms with Gasteiger partial charge in [-0.1, -0.05) is 364 Å². The Bertz CT molecular complexity index is 1960. The van der Waals surface area contributed by atoms with Gasteiger partial charge in [-0.05, 0) is 49.4 Å². The summed E-state index contributed by atoms with van der Waals surface area (Å²) in [6.07, 6.45) is 56.9. The predicted octanol–water partition coefficient (Wildman–Crippen LogP) is 24.0. The van der Waals surface area contributed by atoms with Gasteiger partial charge in [0.2, 0.25) is 0 Å².